The van der Waals surface area contributed by atoms with Gasteiger partial charge in [-0.1, -0.05) is 23.7 Å². The zero-order valence-corrected chi connectivity index (χ0v) is 15.5. The van der Waals surface area contributed by atoms with E-state index in [-0.39, 0.29) is 11.3 Å². The van der Waals surface area contributed by atoms with Gasteiger partial charge in [-0.25, -0.2) is 9.78 Å². The van der Waals surface area contributed by atoms with Gasteiger partial charge in [0.15, 0.2) is 5.13 Å². The second-order valence-electron chi connectivity index (χ2n) is 5.31. The number of benzene rings is 1. The number of rotatable bonds is 4. The van der Waals surface area contributed by atoms with Gasteiger partial charge in [-0.05, 0) is 31.2 Å². The van der Waals surface area contributed by atoms with Crippen molar-refractivity contribution < 1.29 is 14.3 Å². The summed E-state index contributed by atoms with van der Waals surface area (Å²) in [6, 6.07) is 10.3. The molecule has 1 aromatic carbocycles. The molecule has 0 saturated carbocycles. The predicted octanol–water partition coefficient (Wildman–Crippen LogP) is 4.21. The summed E-state index contributed by atoms with van der Waals surface area (Å²) in [6.07, 6.45) is 1.30. The minimum absolute atomic E-state index is 0.179. The van der Waals surface area contributed by atoms with Gasteiger partial charge in [0.2, 0.25) is 0 Å². The van der Waals surface area contributed by atoms with Gasteiger partial charge in [-0.2, -0.15) is 0 Å². The highest BCUT2D eigenvalue weighted by atomic mass is 35.5. The molecular weight excluding hydrogens is 374 g/mol. The number of aromatic nitrogens is 2. The lowest BCUT2D eigenvalue weighted by Crippen LogP contribution is -2.14. The molecule has 0 bridgehead atoms. The van der Waals surface area contributed by atoms with Crippen molar-refractivity contribution in [3.05, 3.63) is 63.8 Å². The highest BCUT2D eigenvalue weighted by Gasteiger charge is 2.15. The number of carbonyl (C=O) groups is 2. The van der Waals surface area contributed by atoms with Crippen LogP contribution in [0.5, 0.6) is 0 Å². The van der Waals surface area contributed by atoms with E-state index in [0.717, 1.165) is 16.1 Å². The molecule has 3 aromatic rings. The van der Waals surface area contributed by atoms with Crippen LogP contribution in [0.25, 0.3) is 11.3 Å². The van der Waals surface area contributed by atoms with Crippen LogP contribution in [0, 0.1) is 6.92 Å². The van der Waals surface area contributed by atoms with Crippen LogP contribution in [0.15, 0.2) is 42.6 Å². The van der Waals surface area contributed by atoms with Gasteiger partial charge in [-0.3, -0.25) is 15.1 Å². The van der Waals surface area contributed by atoms with Crippen LogP contribution in [-0.2, 0) is 4.74 Å². The Hall–Kier alpha value is -2.77. The van der Waals surface area contributed by atoms with Crippen molar-refractivity contribution in [1.29, 1.82) is 0 Å². The summed E-state index contributed by atoms with van der Waals surface area (Å²) in [7, 11) is 1.28. The summed E-state index contributed by atoms with van der Waals surface area (Å²) in [5.41, 5.74) is 2.16. The number of amides is 1. The first-order valence-electron chi connectivity index (χ1n) is 7.57. The van der Waals surface area contributed by atoms with Gasteiger partial charge in [-0.15, -0.1) is 11.3 Å². The first-order chi connectivity index (χ1) is 12.5. The van der Waals surface area contributed by atoms with E-state index in [0.29, 0.717) is 10.2 Å². The van der Waals surface area contributed by atoms with E-state index in [9.17, 15) is 9.59 Å². The van der Waals surface area contributed by atoms with Crippen molar-refractivity contribution >= 4 is 39.9 Å². The van der Waals surface area contributed by atoms with Gasteiger partial charge in [0.05, 0.1) is 18.4 Å². The molecule has 0 aliphatic carbocycles. The fraction of sp³-hybridized carbons (Fsp3) is 0.111. The second-order valence-corrected chi connectivity index (χ2v) is 6.95. The number of hydrogen-bond acceptors (Lipinski definition) is 6. The summed E-state index contributed by atoms with van der Waals surface area (Å²) < 4.78 is 4.60. The smallest absolute Gasteiger partial charge is 0.339 e. The number of ether oxygens (including phenoxy) is 1. The molecule has 0 radical (unpaired) electrons. The summed E-state index contributed by atoms with van der Waals surface area (Å²) in [6.45, 7) is 1.93. The van der Waals surface area contributed by atoms with Crippen molar-refractivity contribution in [3.63, 3.8) is 0 Å². The van der Waals surface area contributed by atoms with E-state index >= 15 is 0 Å². The molecule has 132 valence electrons. The Morgan fingerprint density at radius 2 is 1.88 bits per heavy atom. The number of nitrogens with one attached hydrogen (secondary N) is 1. The second kappa shape index (κ2) is 7.63. The SMILES string of the molecule is COC(=O)c1ccc(C(=O)Nc2nc(-c3ccc(Cl)cc3)c(C)s2)nc1. The van der Waals surface area contributed by atoms with Crippen LogP contribution in [0.2, 0.25) is 5.02 Å². The molecule has 3 rings (SSSR count). The third-order valence-electron chi connectivity index (χ3n) is 3.55. The Morgan fingerprint density at radius 1 is 1.15 bits per heavy atom. The molecule has 2 aromatic heterocycles. The number of thiazole rings is 1. The molecule has 0 atom stereocenters. The molecule has 1 N–H and O–H groups in total. The summed E-state index contributed by atoms with van der Waals surface area (Å²) in [4.78, 5) is 33.2. The maximum atomic E-state index is 12.3. The monoisotopic (exact) mass is 387 g/mol. The molecule has 1 amide bonds. The number of halogens is 1. The fourth-order valence-corrected chi connectivity index (χ4v) is 3.21. The van der Waals surface area contributed by atoms with E-state index < -0.39 is 11.9 Å². The van der Waals surface area contributed by atoms with Gasteiger partial charge in [0.1, 0.15) is 5.69 Å². The molecule has 6 nitrogen and oxygen atoms in total. The third-order valence-corrected chi connectivity index (χ3v) is 4.69. The van der Waals surface area contributed by atoms with Gasteiger partial charge in [0.25, 0.3) is 5.91 Å². The van der Waals surface area contributed by atoms with Crippen molar-refractivity contribution in [2.45, 2.75) is 6.92 Å². The number of esters is 1. The van der Waals surface area contributed by atoms with E-state index in [2.05, 4.69) is 20.0 Å². The molecule has 0 unspecified atom stereocenters. The van der Waals surface area contributed by atoms with Crippen LogP contribution in [0.1, 0.15) is 25.7 Å². The van der Waals surface area contributed by atoms with E-state index in [1.807, 2.05) is 19.1 Å². The molecule has 0 spiro atoms. The first-order valence-corrected chi connectivity index (χ1v) is 8.76. The predicted molar refractivity (Wildman–Crippen MR) is 101 cm³/mol. The molecule has 0 saturated heterocycles. The molecule has 2 heterocycles. The van der Waals surface area contributed by atoms with Crippen molar-refractivity contribution in [2.24, 2.45) is 0 Å². The van der Waals surface area contributed by atoms with Crippen LogP contribution in [0.3, 0.4) is 0 Å². The normalized spacial score (nSPS) is 10.4. The maximum Gasteiger partial charge on any atom is 0.339 e. The largest absolute Gasteiger partial charge is 0.465 e. The van der Waals surface area contributed by atoms with E-state index in [1.165, 1.54) is 36.8 Å². The zero-order valence-electron chi connectivity index (χ0n) is 13.9. The molecular formula is C18H14ClN3O3S. The lowest BCUT2D eigenvalue weighted by molar-refractivity contribution is 0.0600. The average Bonchev–Trinajstić information content (AvgIpc) is 3.02. The Morgan fingerprint density at radius 3 is 2.50 bits per heavy atom. The fourth-order valence-electron chi connectivity index (χ4n) is 2.25. The molecule has 26 heavy (non-hydrogen) atoms. The Labute approximate surface area is 158 Å². The number of anilines is 1. The number of nitrogens with zero attached hydrogens (tertiary/aromatic N) is 2. The van der Waals surface area contributed by atoms with Crippen molar-refractivity contribution in [3.8, 4) is 11.3 Å². The van der Waals surface area contributed by atoms with Gasteiger partial charge < -0.3 is 4.74 Å². The Kier molecular flexibility index (Phi) is 5.29. The van der Waals surface area contributed by atoms with Crippen LogP contribution in [0.4, 0.5) is 5.13 Å². The van der Waals surface area contributed by atoms with Crippen LogP contribution in [-0.4, -0.2) is 29.0 Å². The molecule has 0 aliphatic heterocycles. The lowest BCUT2D eigenvalue weighted by Gasteiger charge is -2.02. The zero-order chi connectivity index (χ0) is 18.7. The number of pyridine rings is 1. The number of hydrogen-bond donors (Lipinski definition) is 1. The summed E-state index contributed by atoms with van der Waals surface area (Å²) in [5, 5.41) is 3.85. The topological polar surface area (TPSA) is 81.2 Å². The minimum Gasteiger partial charge on any atom is -0.465 e. The highest BCUT2D eigenvalue weighted by molar-refractivity contribution is 7.16. The maximum absolute atomic E-state index is 12.3. The third kappa shape index (κ3) is 3.89. The summed E-state index contributed by atoms with van der Waals surface area (Å²) in [5.74, 6) is -0.912. The quantitative estimate of drug-likeness (QED) is 0.678. The minimum atomic E-state index is -0.507. The molecule has 0 aliphatic rings. The molecule has 0 fully saturated rings. The van der Waals surface area contributed by atoms with E-state index in [4.69, 9.17) is 11.6 Å². The van der Waals surface area contributed by atoms with Crippen LogP contribution >= 0.6 is 22.9 Å². The van der Waals surface area contributed by atoms with Gasteiger partial charge >= 0.3 is 5.97 Å². The van der Waals surface area contributed by atoms with Gasteiger partial charge in [0, 0.05) is 21.7 Å². The van der Waals surface area contributed by atoms with E-state index in [1.54, 1.807) is 12.1 Å². The van der Waals surface area contributed by atoms with Crippen molar-refractivity contribution in [2.75, 3.05) is 12.4 Å². The molecule has 8 heteroatoms. The Bertz CT molecular complexity index is 953. The van der Waals surface area contributed by atoms with Crippen LogP contribution < -0.4 is 5.32 Å². The highest BCUT2D eigenvalue weighted by Crippen LogP contribution is 2.31. The first kappa shape index (κ1) is 18.0. The average molecular weight is 388 g/mol. The number of methoxy groups -OCH3 is 1. The number of carbonyl (C=O) groups excluding carboxylic acids is 2. The lowest BCUT2D eigenvalue weighted by atomic mass is 10.1. The Balaban J connectivity index is 1.76. The number of aryl methyl sites for hydroxylation is 1. The summed E-state index contributed by atoms with van der Waals surface area (Å²) >= 11 is 7.28. The van der Waals surface area contributed by atoms with Crippen molar-refractivity contribution in [1.82, 2.24) is 9.97 Å². The standard InChI is InChI=1S/C18H14ClN3O3S/c1-10-15(11-3-6-13(19)7-4-11)21-18(26-10)22-16(23)14-8-5-12(9-20-14)17(24)25-2/h3-9H,1-2H3,(H,21,22,23).